The van der Waals surface area contributed by atoms with Crippen LogP contribution in [0.25, 0.3) is 0 Å². The molecule has 2 rings (SSSR count). The zero-order valence-electron chi connectivity index (χ0n) is 19.1. The minimum absolute atomic E-state index is 0.0393. The van der Waals surface area contributed by atoms with Crippen molar-refractivity contribution in [2.24, 2.45) is 0 Å². The molecule has 3 N–H and O–H groups in total. The molecular weight excluding hydrogens is 447 g/mol. The first kappa shape index (κ1) is 26.3. The third-order valence-corrected chi connectivity index (χ3v) is 6.96. The molecule has 0 aliphatic rings. The summed E-state index contributed by atoms with van der Waals surface area (Å²) >= 11 is 0. The van der Waals surface area contributed by atoms with Gasteiger partial charge in [-0.05, 0) is 49.6 Å². The molecule has 8 nitrogen and oxygen atoms in total. The fourth-order valence-corrected chi connectivity index (χ4v) is 3.95. The molecule has 0 aromatic heterocycles. The lowest BCUT2D eigenvalue weighted by molar-refractivity contribution is -0.115. The highest BCUT2D eigenvalue weighted by atomic mass is 32.2. The number of carbonyl (C=O) groups excluding carboxylic acids is 2. The quantitative estimate of drug-likeness (QED) is 0.432. The van der Waals surface area contributed by atoms with Crippen molar-refractivity contribution in [2.45, 2.75) is 32.7 Å². The van der Waals surface area contributed by atoms with Crippen LogP contribution in [0, 0.1) is 5.82 Å². The standard InChI is InChI=1S/C23H31FN4O4S/c1-4-33(31,32)28(3)14-8-13-25-23(30)26-17(2)18-10-7-11-20(15-18)27-22(29)16-19-9-5-6-12-21(19)24/h5-7,9-12,15,17H,4,8,13-14,16H2,1-3H3,(H,27,29)(H2,25,26,30)/t17-/m0/s1. The van der Waals surface area contributed by atoms with Gasteiger partial charge in [0.25, 0.3) is 0 Å². The van der Waals surface area contributed by atoms with Gasteiger partial charge in [-0.1, -0.05) is 30.3 Å². The van der Waals surface area contributed by atoms with Gasteiger partial charge in [-0.2, -0.15) is 0 Å². The van der Waals surface area contributed by atoms with E-state index in [9.17, 15) is 22.4 Å². The zero-order valence-corrected chi connectivity index (χ0v) is 19.9. The number of carbonyl (C=O) groups is 2. The molecule has 1 atom stereocenters. The van der Waals surface area contributed by atoms with E-state index < -0.39 is 15.8 Å². The first-order valence-corrected chi connectivity index (χ1v) is 12.3. The maximum absolute atomic E-state index is 13.7. The Balaban J connectivity index is 1.82. The van der Waals surface area contributed by atoms with Gasteiger partial charge >= 0.3 is 6.03 Å². The summed E-state index contributed by atoms with van der Waals surface area (Å²) < 4.78 is 38.5. The predicted octanol–water partition coefficient (Wildman–Crippen LogP) is 3.04. The van der Waals surface area contributed by atoms with Crippen molar-refractivity contribution >= 4 is 27.6 Å². The highest BCUT2D eigenvalue weighted by Gasteiger charge is 2.15. The number of nitrogens with one attached hydrogen (secondary N) is 3. The van der Waals surface area contributed by atoms with Gasteiger partial charge in [0.2, 0.25) is 15.9 Å². The smallest absolute Gasteiger partial charge is 0.315 e. The molecule has 0 unspecified atom stereocenters. The number of anilines is 1. The summed E-state index contributed by atoms with van der Waals surface area (Å²) in [6.45, 7) is 4.04. The van der Waals surface area contributed by atoms with Crippen LogP contribution in [0.3, 0.4) is 0 Å². The summed E-state index contributed by atoms with van der Waals surface area (Å²) in [6.07, 6.45) is 0.406. The lowest BCUT2D eigenvalue weighted by Crippen LogP contribution is -2.38. The number of rotatable bonds is 11. The molecule has 3 amide bonds. The molecule has 0 bridgehead atoms. The van der Waals surface area contributed by atoms with Gasteiger partial charge in [0.05, 0.1) is 18.2 Å². The molecule has 0 aliphatic heterocycles. The topological polar surface area (TPSA) is 108 Å². The highest BCUT2D eigenvalue weighted by Crippen LogP contribution is 2.18. The summed E-state index contributed by atoms with van der Waals surface area (Å²) in [5.74, 6) is -0.730. The van der Waals surface area contributed by atoms with Crippen molar-refractivity contribution in [3.63, 3.8) is 0 Å². The third-order valence-electron chi connectivity index (χ3n) is 5.10. The number of hydrogen-bond donors (Lipinski definition) is 3. The van der Waals surface area contributed by atoms with Gasteiger partial charge in [-0.3, -0.25) is 4.79 Å². The summed E-state index contributed by atoms with van der Waals surface area (Å²) in [4.78, 5) is 24.4. The van der Waals surface area contributed by atoms with Crippen LogP contribution in [0.15, 0.2) is 48.5 Å². The van der Waals surface area contributed by atoms with Crippen LogP contribution in [0.1, 0.15) is 37.4 Å². The van der Waals surface area contributed by atoms with Crippen LogP contribution in [0.2, 0.25) is 0 Å². The Morgan fingerprint density at radius 2 is 1.85 bits per heavy atom. The second kappa shape index (κ2) is 12.3. The second-order valence-corrected chi connectivity index (χ2v) is 10.0. The van der Waals surface area contributed by atoms with E-state index in [4.69, 9.17) is 0 Å². The Kier molecular flexibility index (Phi) is 9.80. The minimum Gasteiger partial charge on any atom is -0.338 e. The largest absolute Gasteiger partial charge is 0.338 e. The number of amides is 3. The normalized spacial score (nSPS) is 12.3. The van der Waals surface area contributed by atoms with Crippen molar-refractivity contribution < 1.29 is 22.4 Å². The van der Waals surface area contributed by atoms with Gasteiger partial charge in [0.1, 0.15) is 5.82 Å². The number of urea groups is 1. The van der Waals surface area contributed by atoms with E-state index in [1.54, 1.807) is 43.3 Å². The van der Waals surface area contributed by atoms with E-state index in [1.807, 2.05) is 13.0 Å². The van der Waals surface area contributed by atoms with Crippen LogP contribution in [-0.4, -0.2) is 50.6 Å². The Hall–Kier alpha value is -2.98. The van der Waals surface area contributed by atoms with Gasteiger partial charge in [0, 0.05) is 25.8 Å². The summed E-state index contributed by atoms with van der Waals surface area (Å²) in [7, 11) is -1.71. The summed E-state index contributed by atoms with van der Waals surface area (Å²) in [6, 6.07) is 12.5. The second-order valence-electron chi connectivity index (χ2n) is 7.64. The Bertz CT molecular complexity index is 1060. The van der Waals surface area contributed by atoms with E-state index in [0.29, 0.717) is 30.8 Å². The van der Waals surface area contributed by atoms with Crippen molar-refractivity contribution in [3.05, 3.63) is 65.5 Å². The fraction of sp³-hybridized carbons (Fsp3) is 0.391. The Morgan fingerprint density at radius 3 is 2.55 bits per heavy atom. The Labute approximate surface area is 194 Å². The number of benzene rings is 2. The third kappa shape index (κ3) is 8.47. The van der Waals surface area contributed by atoms with E-state index in [0.717, 1.165) is 5.56 Å². The molecule has 0 fully saturated rings. The van der Waals surface area contributed by atoms with Crippen LogP contribution < -0.4 is 16.0 Å². The molecule has 0 aliphatic carbocycles. The number of nitrogens with zero attached hydrogens (tertiary/aromatic N) is 1. The van der Waals surface area contributed by atoms with Crippen LogP contribution >= 0.6 is 0 Å². The molecule has 180 valence electrons. The van der Waals surface area contributed by atoms with Crippen LogP contribution in [0.4, 0.5) is 14.9 Å². The van der Waals surface area contributed by atoms with E-state index in [1.165, 1.54) is 17.4 Å². The van der Waals surface area contributed by atoms with Crippen molar-refractivity contribution in [1.82, 2.24) is 14.9 Å². The molecule has 33 heavy (non-hydrogen) atoms. The molecule has 0 saturated heterocycles. The van der Waals surface area contributed by atoms with E-state index >= 15 is 0 Å². The molecule has 10 heteroatoms. The fourth-order valence-electron chi connectivity index (χ4n) is 3.10. The first-order chi connectivity index (χ1) is 15.6. The number of sulfonamides is 1. The first-order valence-electron chi connectivity index (χ1n) is 10.7. The molecule has 0 heterocycles. The number of halogens is 1. The van der Waals surface area contributed by atoms with Crippen LogP contribution in [-0.2, 0) is 21.2 Å². The molecule has 2 aromatic carbocycles. The van der Waals surface area contributed by atoms with Crippen molar-refractivity contribution in [2.75, 3.05) is 31.2 Å². The van der Waals surface area contributed by atoms with Crippen molar-refractivity contribution in [1.29, 1.82) is 0 Å². The Morgan fingerprint density at radius 1 is 1.12 bits per heavy atom. The molecule has 0 spiro atoms. The maximum atomic E-state index is 13.7. The zero-order chi connectivity index (χ0) is 24.4. The number of hydrogen-bond acceptors (Lipinski definition) is 4. The highest BCUT2D eigenvalue weighted by molar-refractivity contribution is 7.89. The van der Waals surface area contributed by atoms with Gasteiger partial charge in [-0.25, -0.2) is 21.9 Å². The predicted molar refractivity (Wildman–Crippen MR) is 127 cm³/mol. The van der Waals surface area contributed by atoms with Gasteiger partial charge in [-0.15, -0.1) is 0 Å². The average Bonchev–Trinajstić information content (AvgIpc) is 2.78. The monoisotopic (exact) mass is 478 g/mol. The van der Waals surface area contributed by atoms with Crippen LogP contribution in [0.5, 0.6) is 0 Å². The maximum Gasteiger partial charge on any atom is 0.315 e. The molecule has 2 aromatic rings. The average molecular weight is 479 g/mol. The lowest BCUT2D eigenvalue weighted by Gasteiger charge is -2.18. The summed E-state index contributed by atoms with van der Waals surface area (Å²) in [5.41, 5.74) is 1.64. The molecule has 0 saturated carbocycles. The van der Waals surface area contributed by atoms with Crippen molar-refractivity contribution in [3.8, 4) is 0 Å². The van der Waals surface area contributed by atoms with E-state index in [-0.39, 0.29) is 30.2 Å². The van der Waals surface area contributed by atoms with E-state index in [2.05, 4.69) is 16.0 Å². The SMILES string of the molecule is CCS(=O)(=O)N(C)CCCNC(=O)N[C@@H](C)c1cccc(NC(=O)Cc2ccccc2F)c1. The lowest BCUT2D eigenvalue weighted by atomic mass is 10.1. The van der Waals surface area contributed by atoms with Gasteiger partial charge in [0.15, 0.2) is 0 Å². The minimum atomic E-state index is -3.23. The summed E-state index contributed by atoms with van der Waals surface area (Å²) in [5, 5.41) is 8.27. The van der Waals surface area contributed by atoms with Gasteiger partial charge < -0.3 is 16.0 Å². The molecule has 0 radical (unpaired) electrons. The molecular formula is C23H31FN4O4S.